The van der Waals surface area contributed by atoms with Gasteiger partial charge in [-0.25, -0.2) is 0 Å². The molecule has 0 spiro atoms. The first-order valence-electron chi connectivity index (χ1n) is 9.44. The van der Waals surface area contributed by atoms with Crippen LogP contribution in [0.2, 0.25) is 0 Å². The largest absolute Gasteiger partial charge is 0.496 e. The third-order valence-electron chi connectivity index (χ3n) is 5.20. The lowest BCUT2D eigenvalue weighted by molar-refractivity contribution is -0.132. The molecule has 1 atom stereocenters. The van der Waals surface area contributed by atoms with E-state index in [1.54, 1.807) is 12.0 Å². The van der Waals surface area contributed by atoms with E-state index < -0.39 is 0 Å². The number of likely N-dealkylation sites (tertiary alicyclic amines) is 1. The molecule has 5 heteroatoms. The van der Waals surface area contributed by atoms with Crippen LogP contribution in [0.15, 0.2) is 36.4 Å². The Balaban J connectivity index is 1.65. The van der Waals surface area contributed by atoms with Crippen LogP contribution in [0.3, 0.4) is 0 Å². The Kier molecular flexibility index (Phi) is 5.40. The average molecular weight is 368 g/mol. The number of nitrogens with zero attached hydrogens (tertiary/aromatic N) is 1. The molecule has 27 heavy (non-hydrogen) atoms. The number of hydrogen-bond donors (Lipinski definition) is 1. The molecule has 0 radical (unpaired) electrons. The second-order valence-electron chi connectivity index (χ2n) is 8.08. The molecule has 0 unspecified atom stereocenters. The summed E-state index contributed by atoms with van der Waals surface area (Å²) in [6.45, 7) is 7.00. The average Bonchev–Trinajstić information content (AvgIpc) is 3.04. The summed E-state index contributed by atoms with van der Waals surface area (Å²) in [5, 5.41) is 5.30. The van der Waals surface area contributed by atoms with Crippen molar-refractivity contribution in [3.8, 4) is 5.75 Å². The fourth-order valence-electron chi connectivity index (χ4n) is 3.75. The molecular weight excluding hydrogens is 340 g/mol. The van der Waals surface area contributed by atoms with Gasteiger partial charge >= 0.3 is 0 Å². The minimum Gasteiger partial charge on any atom is -0.496 e. The molecule has 5 nitrogen and oxygen atoms in total. The van der Waals surface area contributed by atoms with Crippen LogP contribution in [0.1, 0.15) is 32.8 Å². The van der Waals surface area contributed by atoms with Gasteiger partial charge in [-0.3, -0.25) is 9.59 Å². The highest BCUT2D eigenvalue weighted by Gasteiger charge is 2.39. The zero-order chi connectivity index (χ0) is 19.6. The highest BCUT2D eigenvalue weighted by Crippen LogP contribution is 2.29. The van der Waals surface area contributed by atoms with Crippen LogP contribution < -0.4 is 10.1 Å². The molecule has 2 aromatic rings. The van der Waals surface area contributed by atoms with Crippen molar-refractivity contribution in [2.75, 3.05) is 20.2 Å². The maximum Gasteiger partial charge on any atom is 0.225 e. The normalized spacial score (nSPS) is 17.4. The molecule has 0 aliphatic carbocycles. The number of benzene rings is 2. The molecule has 2 amide bonds. The van der Waals surface area contributed by atoms with E-state index in [2.05, 4.69) is 17.4 Å². The van der Waals surface area contributed by atoms with Crippen LogP contribution in [0.4, 0.5) is 0 Å². The zero-order valence-electron chi connectivity index (χ0n) is 16.5. The number of carbonyl (C=O) groups excluding carboxylic acids is 2. The van der Waals surface area contributed by atoms with Crippen molar-refractivity contribution in [1.82, 2.24) is 10.2 Å². The fourth-order valence-corrected chi connectivity index (χ4v) is 3.75. The second-order valence-corrected chi connectivity index (χ2v) is 8.08. The molecule has 1 aliphatic rings. The predicted octanol–water partition coefficient (Wildman–Crippen LogP) is 3.15. The number of amides is 2. The Morgan fingerprint density at radius 3 is 2.63 bits per heavy atom. The maximum absolute atomic E-state index is 12.6. The summed E-state index contributed by atoms with van der Waals surface area (Å²) >= 11 is 0. The molecule has 1 heterocycles. The summed E-state index contributed by atoms with van der Waals surface area (Å²) in [5.41, 5.74) is 0.845. The number of carbonyl (C=O) groups is 2. The Labute approximate surface area is 160 Å². The van der Waals surface area contributed by atoms with Crippen LogP contribution in [-0.4, -0.2) is 42.5 Å². The van der Waals surface area contributed by atoms with Crippen LogP contribution in [0.25, 0.3) is 10.8 Å². The number of hydrogen-bond acceptors (Lipinski definition) is 3. The van der Waals surface area contributed by atoms with Crippen molar-refractivity contribution in [2.24, 2.45) is 5.92 Å². The van der Waals surface area contributed by atoms with Crippen LogP contribution >= 0.6 is 0 Å². The number of ether oxygens (including phenoxy) is 1. The zero-order valence-corrected chi connectivity index (χ0v) is 16.5. The van der Waals surface area contributed by atoms with Crippen molar-refractivity contribution < 1.29 is 14.3 Å². The minimum atomic E-state index is -0.272. The van der Waals surface area contributed by atoms with Crippen molar-refractivity contribution >= 4 is 22.6 Å². The Morgan fingerprint density at radius 2 is 1.96 bits per heavy atom. The van der Waals surface area contributed by atoms with Crippen molar-refractivity contribution in [3.05, 3.63) is 42.0 Å². The van der Waals surface area contributed by atoms with Crippen molar-refractivity contribution in [2.45, 2.75) is 39.2 Å². The molecule has 1 N–H and O–H groups in total. The van der Waals surface area contributed by atoms with Gasteiger partial charge in [0, 0.05) is 30.6 Å². The standard InChI is InChI=1S/C22H28N2O3/c1-22(2,3)24-14-16(13-20(24)25)21(26)23-12-11-18-17-8-6-5-7-15(17)9-10-19(18)27-4/h5-10,16H,11-14H2,1-4H3,(H,23,26)/t16-/m1/s1. The molecule has 3 rings (SSSR count). The van der Waals surface area contributed by atoms with Gasteiger partial charge in [-0.05, 0) is 44.0 Å². The first kappa shape index (κ1) is 19.2. The Morgan fingerprint density at radius 1 is 1.22 bits per heavy atom. The lowest BCUT2D eigenvalue weighted by atomic mass is 10.0. The number of nitrogens with one attached hydrogen (secondary N) is 1. The first-order chi connectivity index (χ1) is 12.8. The summed E-state index contributed by atoms with van der Waals surface area (Å²) in [6, 6.07) is 12.2. The van der Waals surface area contributed by atoms with Gasteiger partial charge in [0.15, 0.2) is 0 Å². The molecule has 1 aliphatic heterocycles. The SMILES string of the molecule is COc1ccc2ccccc2c1CCNC(=O)[C@@H]1CC(=O)N(C(C)(C)C)C1. The van der Waals surface area contributed by atoms with E-state index in [1.165, 1.54) is 0 Å². The van der Waals surface area contributed by atoms with Crippen LogP contribution in [-0.2, 0) is 16.0 Å². The molecule has 1 saturated heterocycles. The van der Waals surface area contributed by atoms with Gasteiger partial charge in [0.2, 0.25) is 11.8 Å². The topological polar surface area (TPSA) is 58.6 Å². The third kappa shape index (κ3) is 4.07. The number of methoxy groups -OCH3 is 1. The third-order valence-corrected chi connectivity index (χ3v) is 5.20. The van der Waals surface area contributed by atoms with Gasteiger partial charge in [-0.2, -0.15) is 0 Å². The van der Waals surface area contributed by atoms with E-state index >= 15 is 0 Å². The molecule has 0 saturated carbocycles. The monoisotopic (exact) mass is 368 g/mol. The fraction of sp³-hybridized carbons (Fsp3) is 0.455. The minimum absolute atomic E-state index is 0.0469. The summed E-state index contributed by atoms with van der Waals surface area (Å²) in [5.74, 6) is 0.566. The van der Waals surface area contributed by atoms with E-state index in [9.17, 15) is 9.59 Å². The molecule has 2 aromatic carbocycles. The van der Waals surface area contributed by atoms with Gasteiger partial charge in [0.25, 0.3) is 0 Å². The summed E-state index contributed by atoms with van der Waals surface area (Å²) in [7, 11) is 1.66. The quantitative estimate of drug-likeness (QED) is 0.882. The predicted molar refractivity (Wildman–Crippen MR) is 107 cm³/mol. The Hall–Kier alpha value is -2.56. The van der Waals surface area contributed by atoms with Crippen LogP contribution in [0, 0.1) is 5.92 Å². The van der Waals surface area contributed by atoms with E-state index in [1.807, 2.05) is 45.0 Å². The van der Waals surface area contributed by atoms with Gasteiger partial charge < -0.3 is 15.0 Å². The van der Waals surface area contributed by atoms with Crippen molar-refractivity contribution in [1.29, 1.82) is 0 Å². The van der Waals surface area contributed by atoms with Crippen LogP contribution in [0.5, 0.6) is 5.75 Å². The lowest BCUT2D eigenvalue weighted by Gasteiger charge is -2.31. The smallest absolute Gasteiger partial charge is 0.225 e. The second kappa shape index (κ2) is 7.59. The van der Waals surface area contributed by atoms with Gasteiger partial charge in [-0.15, -0.1) is 0 Å². The number of fused-ring (bicyclic) bond motifs is 1. The highest BCUT2D eigenvalue weighted by atomic mass is 16.5. The lowest BCUT2D eigenvalue weighted by Crippen LogP contribution is -2.43. The molecule has 1 fully saturated rings. The van der Waals surface area contributed by atoms with Gasteiger partial charge in [0.1, 0.15) is 5.75 Å². The van der Waals surface area contributed by atoms with E-state index in [0.717, 1.165) is 22.1 Å². The maximum atomic E-state index is 12.6. The molecular formula is C22H28N2O3. The summed E-state index contributed by atoms with van der Waals surface area (Å²) < 4.78 is 5.51. The van der Waals surface area contributed by atoms with Crippen molar-refractivity contribution in [3.63, 3.8) is 0 Å². The highest BCUT2D eigenvalue weighted by molar-refractivity contribution is 5.90. The molecule has 0 bridgehead atoms. The Bertz CT molecular complexity index is 854. The van der Waals surface area contributed by atoms with E-state index in [-0.39, 0.29) is 23.3 Å². The van der Waals surface area contributed by atoms with E-state index in [0.29, 0.717) is 25.9 Å². The molecule has 144 valence electrons. The van der Waals surface area contributed by atoms with E-state index in [4.69, 9.17) is 4.74 Å². The van der Waals surface area contributed by atoms with Gasteiger partial charge in [0.05, 0.1) is 13.0 Å². The molecule has 0 aromatic heterocycles. The number of rotatable bonds is 5. The van der Waals surface area contributed by atoms with Gasteiger partial charge in [-0.1, -0.05) is 30.3 Å². The first-order valence-corrected chi connectivity index (χ1v) is 9.44. The summed E-state index contributed by atoms with van der Waals surface area (Å²) in [6.07, 6.45) is 0.973. The summed E-state index contributed by atoms with van der Waals surface area (Å²) in [4.78, 5) is 26.5.